The lowest BCUT2D eigenvalue weighted by Crippen LogP contribution is -2.60. The molecule has 0 bridgehead atoms. The molecular weight excluding hydrogens is 515 g/mol. The van der Waals surface area contributed by atoms with Gasteiger partial charge in [0.1, 0.15) is 18.3 Å². The number of ether oxygens (including phenoxy) is 1. The fraction of sp³-hybridized carbons (Fsp3) is 0.280. The predicted molar refractivity (Wildman–Crippen MR) is 134 cm³/mol. The average Bonchev–Trinajstić information content (AvgIpc) is 3.32. The summed E-state index contributed by atoms with van der Waals surface area (Å²) in [6.45, 7) is 3.16. The zero-order valence-corrected chi connectivity index (χ0v) is 20.6. The second kappa shape index (κ2) is 9.85. The predicted octanol–water partition coefficient (Wildman–Crippen LogP) is 3.06. The van der Waals surface area contributed by atoms with Gasteiger partial charge in [0.15, 0.2) is 11.6 Å². The van der Waals surface area contributed by atoms with Gasteiger partial charge in [-0.3, -0.25) is 4.79 Å². The smallest absolute Gasteiger partial charge is 0.263 e. The summed E-state index contributed by atoms with van der Waals surface area (Å²) in [7, 11) is 0. The molecule has 39 heavy (non-hydrogen) atoms. The highest BCUT2D eigenvalue weighted by atomic mass is 19.3. The third-order valence-corrected chi connectivity index (χ3v) is 6.71. The van der Waals surface area contributed by atoms with Crippen LogP contribution in [-0.2, 0) is 11.4 Å². The van der Waals surface area contributed by atoms with Crippen molar-refractivity contribution < 1.29 is 22.7 Å². The Balaban J connectivity index is 1.12. The molecule has 1 atom stereocenters. The van der Waals surface area contributed by atoms with E-state index in [1.54, 1.807) is 36.1 Å². The number of rotatable bonds is 6. The normalized spacial score (nSPS) is 16.6. The molecule has 2 aliphatic rings. The first kappa shape index (κ1) is 24.6. The molecular formula is C25H22F3N9O2. The van der Waals surface area contributed by atoms with Crippen LogP contribution in [0.4, 0.5) is 30.5 Å². The van der Waals surface area contributed by atoms with Gasteiger partial charge in [-0.1, -0.05) is 17.3 Å². The molecule has 1 N–H and O–H groups in total. The lowest BCUT2D eigenvalue weighted by molar-refractivity contribution is -0.117. The van der Waals surface area contributed by atoms with Crippen molar-refractivity contribution in [2.45, 2.75) is 26.0 Å². The number of benzene rings is 1. The lowest BCUT2D eigenvalue weighted by atomic mass is 10.1. The Morgan fingerprint density at radius 1 is 1.05 bits per heavy atom. The number of halogens is 3. The third kappa shape index (κ3) is 4.69. The van der Waals surface area contributed by atoms with Gasteiger partial charge in [0.2, 0.25) is 17.7 Å². The van der Waals surface area contributed by atoms with Crippen LogP contribution >= 0.6 is 0 Å². The van der Waals surface area contributed by atoms with Crippen LogP contribution in [0.25, 0.3) is 5.69 Å². The number of carbonyl (C=O) groups excluding carboxylic acids is 1. The van der Waals surface area contributed by atoms with Crippen LogP contribution in [0.3, 0.4) is 0 Å². The van der Waals surface area contributed by atoms with Crippen molar-refractivity contribution in [2.24, 2.45) is 0 Å². The third-order valence-electron chi connectivity index (χ3n) is 6.71. The van der Waals surface area contributed by atoms with Gasteiger partial charge in [0.25, 0.3) is 6.43 Å². The fourth-order valence-electron chi connectivity index (χ4n) is 4.64. The zero-order chi connectivity index (χ0) is 27.1. The summed E-state index contributed by atoms with van der Waals surface area (Å²) in [5, 5.41) is 19.4. The molecule has 1 fully saturated rings. The van der Waals surface area contributed by atoms with Crippen LogP contribution in [0.1, 0.15) is 23.4 Å². The number of carbonyl (C=O) groups is 1. The van der Waals surface area contributed by atoms with E-state index in [4.69, 9.17) is 4.74 Å². The van der Waals surface area contributed by atoms with Gasteiger partial charge >= 0.3 is 0 Å². The number of anilines is 3. The van der Waals surface area contributed by atoms with Crippen LogP contribution in [0, 0.1) is 12.9 Å². The van der Waals surface area contributed by atoms with E-state index >= 15 is 0 Å². The van der Waals surface area contributed by atoms with Crippen LogP contribution in [0.15, 0.2) is 48.5 Å². The second-order valence-electron chi connectivity index (χ2n) is 9.09. The van der Waals surface area contributed by atoms with Crippen LogP contribution in [0.2, 0.25) is 0 Å². The molecule has 5 heterocycles. The number of fused-ring (bicyclic) bond motifs is 3. The van der Waals surface area contributed by atoms with Crippen LogP contribution < -0.4 is 19.9 Å². The standard InChI is InChI=1S/C25H22F3N9O2/c1-14-19(37(34-31-14)16-4-2-15(3-5-16)23(27)28)13-39-22-9-8-21(32-33-22)35-10-11-36-18(12-35)25(38)29-17-6-7-20(26)30-24(17)36/h2-9,18,23H,10-13H2,1H3,(H,29,38)/t18-/m0/s1. The number of amides is 1. The van der Waals surface area contributed by atoms with E-state index in [-0.39, 0.29) is 24.0 Å². The quantitative estimate of drug-likeness (QED) is 0.371. The number of pyridine rings is 1. The Morgan fingerprint density at radius 2 is 1.87 bits per heavy atom. The van der Waals surface area contributed by atoms with Crippen molar-refractivity contribution in [3.05, 3.63) is 71.4 Å². The molecule has 1 aromatic carbocycles. The highest BCUT2D eigenvalue weighted by Crippen LogP contribution is 2.33. The maximum Gasteiger partial charge on any atom is 0.263 e. The van der Waals surface area contributed by atoms with E-state index < -0.39 is 18.4 Å². The Hall–Kier alpha value is -4.75. The highest BCUT2D eigenvalue weighted by molar-refractivity contribution is 6.03. The van der Waals surface area contributed by atoms with E-state index in [1.807, 2.05) is 4.90 Å². The Bertz CT molecular complexity index is 1510. The maximum atomic E-state index is 13.7. The summed E-state index contributed by atoms with van der Waals surface area (Å²) >= 11 is 0. The lowest BCUT2D eigenvalue weighted by Gasteiger charge is -2.44. The minimum absolute atomic E-state index is 0.0767. The number of alkyl halides is 2. The fourth-order valence-corrected chi connectivity index (χ4v) is 4.64. The molecule has 0 spiro atoms. The summed E-state index contributed by atoms with van der Waals surface area (Å²) < 4.78 is 46.9. The molecule has 0 unspecified atom stereocenters. The van der Waals surface area contributed by atoms with Crippen LogP contribution in [0.5, 0.6) is 5.88 Å². The Labute approximate surface area is 220 Å². The van der Waals surface area contributed by atoms with Crippen molar-refractivity contribution in [1.82, 2.24) is 30.2 Å². The van der Waals surface area contributed by atoms with E-state index in [9.17, 15) is 18.0 Å². The van der Waals surface area contributed by atoms with Crippen molar-refractivity contribution in [2.75, 3.05) is 34.8 Å². The number of piperazine rings is 1. The molecule has 3 aromatic heterocycles. The van der Waals surface area contributed by atoms with Crippen molar-refractivity contribution >= 4 is 23.2 Å². The van der Waals surface area contributed by atoms with E-state index in [0.29, 0.717) is 54.0 Å². The molecule has 1 saturated heterocycles. The van der Waals surface area contributed by atoms with Gasteiger partial charge in [0.05, 0.1) is 17.1 Å². The molecule has 14 heteroatoms. The molecule has 0 radical (unpaired) electrons. The zero-order valence-electron chi connectivity index (χ0n) is 20.6. The van der Waals surface area contributed by atoms with Gasteiger partial charge in [0, 0.05) is 31.3 Å². The summed E-state index contributed by atoms with van der Waals surface area (Å²) in [5.74, 6) is 0.448. The van der Waals surface area contributed by atoms with Gasteiger partial charge < -0.3 is 19.9 Å². The summed E-state index contributed by atoms with van der Waals surface area (Å²) in [6, 6.07) is 11.4. The maximum absolute atomic E-state index is 13.7. The van der Waals surface area contributed by atoms with Gasteiger partial charge in [-0.15, -0.1) is 15.3 Å². The number of aryl methyl sites for hydroxylation is 1. The SMILES string of the molecule is Cc1nnn(-c2ccc(C(F)F)cc2)c1COc1ccc(N2CCN3c4nc(F)ccc4NC(=O)[C@@H]3C2)nn1. The highest BCUT2D eigenvalue weighted by Gasteiger charge is 2.39. The first-order valence-electron chi connectivity index (χ1n) is 12.1. The topological polar surface area (TPSA) is 114 Å². The monoisotopic (exact) mass is 537 g/mol. The van der Waals surface area contributed by atoms with Crippen LogP contribution in [-0.4, -0.2) is 61.8 Å². The van der Waals surface area contributed by atoms with E-state index in [1.165, 1.54) is 28.9 Å². The minimum atomic E-state index is -2.55. The molecule has 0 aliphatic carbocycles. The minimum Gasteiger partial charge on any atom is -0.470 e. The first-order valence-corrected chi connectivity index (χ1v) is 12.1. The van der Waals surface area contributed by atoms with Crippen molar-refractivity contribution in [3.63, 3.8) is 0 Å². The number of hydrogen-bond acceptors (Lipinski definition) is 9. The van der Waals surface area contributed by atoms with Crippen molar-refractivity contribution in [3.8, 4) is 11.6 Å². The van der Waals surface area contributed by atoms with Gasteiger partial charge in [-0.2, -0.15) is 4.39 Å². The molecule has 2 aliphatic heterocycles. The van der Waals surface area contributed by atoms with Gasteiger partial charge in [-0.05, 0) is 37.3 Å². The Morgan fingerprint density at radius 3 is 2.62 bits per heavy atom. The Kier molecular flexibility index (Phi) is 6.21. The van der Waals surface area contributed by atoms with E-state index in [0.717, 1.165) is 0 Å². The molecule has 6 rings (SSSR count). The second-order valence-corrected chi connectivity index (χ2v) is 9.09. The largest absolute Gasteiger partial charge is 0.470 e. The average molecular weight is 538 g/mol. The molecule has 1 amide bonds. The van der Waals surface area contributed by atoms with E-state index in [2.05, 4.69) is 30.8 Å². The molecule has 200 valence electrons. The number of nitrogens with zero attached hydrogens (tertiary/aromatic N) is 8. The molecule has 4 aromatic rings. The summed E-state index contributed by atoms with van der Waals surface area (Å²) in [4.78, 5) is 20.4. The van der Waals surface area contributed by atoms with Crippen molar-refractivity contribution in [1.29, 1.82) is 0 Å². The molecule has 0 saturated carbocycles. The summed E-state index contributed by atoms with van der Waals surface area (Å²) in [6.07, 6.45) is -2.55. The first-order chi connectivity index (χ1) is 18.9. The molecule has 11 nitrogen and oxygen atoms in total. The summed E-state index contributed by atoms with van der Waals surface area (Å²) in [5.41, 5.74) is 2.24. The number of hydrogen-bond donors (Lipinski definition) is 1. The van der Waals surface area contributed by atoms with Gasteiger partial charge in [-0.25, -0.2) is 18.4 Å². The number of aromatic nitrogens is 6. The number of nitrogens with one attached hydrogen (secondary N) is 1.